The Bertz CT molecular complexity index is 923. The van der Waals surface area contributed by atoms with Gasteiger partial charge in [0.25, 0.3) is 0 Å². The number of rotatable bonds is 5. The predicted octanol–water partition coefficient (Wildman–Crippen LogP) is 4.02. The fourth-order valence-corrected chi connectivity index (χ4v) is 3.78. The van der Waals surface area contributed by atoms with Crippen LogP contribution < -0.4 is 5.14 Å². The van der Waals surface area contributed by atoms with Crippen LogP contribution in [0.2, 0.25) is 0 Å². The molecule has 1 aromatic heterocycles. The molecule has 0 unspecified atom stereocenters. The molecule has 0 spiro atoms. The van der Waals surface area contributed by atoms with E-state index in [1.165, 1.54) is 0 Å². The Morgan fingerprint density at radius 2 is 1.36 bits per heavy atom. The van der Waals surface area contributed by atoms with Crippen molar-refractivity contribution in [2.75, 3.05) is 0 Å². The lowest BCUT2D eigenvalue weighted by Gasteiger charge is -2.20. The Labute approximate surface area is 149 Å². The number of nitrogens with zero attached hydrogens (tertiary/aromatic N) is 1. The summed E-state index contributed by atoms with van der Waals surface area (Å²) in [4.78, 5) is 4.23. The molecule has 5 heteroatoms. The average Bonchev–Trinajstić information content (AvgIpc) is 3.03. The second-order valence-corrected chi connectivity index (χ2v) is 7.92. The number of aromatic nitrogens is 1. The van der Waals surface area contributed by atoms with Gasteiger partial charge in [0.15, 0.2) is 0 Å². The molecule has 0 saturated heterocycles. The molecule has 3 rings (SSSR count). The van der Waals surface area contributed by atoms with Crippen LogP contribution in [0.1, 0.15) is 37.8 Å². The van der Waals surface area contributed by atoms with Crippen molar-refractivity contribution >= 4 is 21.2 Å². The molecule has 4 nitrogen and oxygen atoms in total. The van der Waals surface area contributed by atoms with Gasteiger partial charge in [0.05, 0.1) is 4.90 Å². The van der Waals surface area contributed by atoms with Crippen LogP contribution in [-0.2, 0) is 10.0 Å². The number of nitrogens with two attached hydrogens (primary N) is 1. The van der Waals surface area contributed by atoms with Crippen molar-refractivity contribution in [3.8, 4) is 0 Å². The predicted molar refractivity (Wildman–Crippen MR) is 101 cm³/mol. The minimum Gasteiger partial charge on any atom is -0.265 e. The molecule has 0 bridgehead atoms. The highest BCUT2D eigenvalue weighted by Gasteiger charge is 2.30. The number of primary sulfonamides is 1. The SMILES string of the molecule is CCC1(CC)C=C(c2ccncc2)C(c2ccc(S(N)(=O)=O)cc2)=C1. The Kier molecular flexibility index (Phi) is 4.62. The highest BCUT2D eigenvalue weighted by atomic mass is 32.2. The third-order valence-corrected chi connectivity index (χ3v) is 5.88. The van der Waals surface area contributed by atoms with Gasteiger partial charge in [-0.2, -0.15) is 0 Å². The molecule has 0 radical (unpaired) electrons. The Morgan fingerprint density at radius 3 is 1.80 bits per heavy atom. The first-order chi connectivity index (χ1) is 11.9. The van der Waals surface area contributed by atoms with Crippen LogP contribution in [0.3, 0.4) is 0 Å². The molecule has 1 aliphatic carbocycles. The molecular formula is C20H22N2O2S. The number of hydrogen-bond donors (Lipinski definition) is 1. The topological polar surface area (TPSA) is 73.0 Å². The van der Waals surface area contributed by atoms with Crippen LogP contribution in [0, 0.1) is 5.41 Å². The third kappa shape index (κ3) is 3.43. The molecular weight excluding hydrogens is 332 g/mol. The molecule has 1 aliphatic rings. The van der Waals surface area contributed by atoms with Crippen molar-refractivity contribution in [3.05, 3.63) is 72.1 Å². The van der Waals surface area contributed by atoms with Gasteiger partial charge in [-0.15, -0.1) is 0 Å². The summed E-state index contributed by atoms with van der Waals surface area (Å²) in [6, 6.07) is 10.8. The van der Waals surface area contributed by atoms with Gasteiger partial charge in [0.2, 0.25) is 10.0 Å². The van der Waals surface area contributed by atoms with E-state index in [0.29, 0.717) is 0 Å². The zero-order valence-corrected chi connectivity index (χ0v) is 15.3. The first-order valence-electron chi connectivity index (χ1n) is 8.38. The van der Waals surface area contributed by atoms with Crippen molar-refractivity contribution in [2.45, 2.75) is 31.6 Å². The van der Waals surface area contributed by atoms with Gasteiger partial charge in [-0.25, -0.2) is 13.6 Å². The van der Waals surface area contributed by atoms with Crippen molar-refractivity contribution in [1.29, 1.82) is 0 Å². The molecule has 25 heavy (non-hydrogen) atoms. The fraction of sp³-hybridized carbons (Fsp3) is 0.250. The van der Waals surface area contributed by atoms with Gasteiger partial charge in [0, 0.05) is 17.8 Å². The van der Waals surface area contributed by atoms with Crippen LogP contribution in [-0.4, -0.2) is 13.4 Å². The van der Waals surface area contributed by atoms with E-state index in [2.05, 4.69) is 31.0 Å². The summed E-state index contributed by atoms with van der Waals surface area (Å²) in [5, 5.41) is 5.20. The van der Waals surface area contributed by atoms with Crippen molar-refractivity contribution in [3.63, 3.8) is 0 Å². The zero-order chi connectivity index (χ0) is 18.1. The van der Waals surface area contributed by atoms with Gasteiger partial charge < -0.3 is 0 Å². The number of allylic oxidation sites excluding steroid dienone is 4. The quantitative estimate of drug-likeness (QED) is 0.881. The lowest BCUT2D eigenvalue weighted by Crippen LogP contribution is -2.11. The van der Waals surface area contributed by atoms with E-state index < -0.39 is 10.0 Å². The van der Waals surface area contributed by atoms with Crippen LogP contribution in [0.5, 0.6) is 0 Å². The monoisotopic (exact) mass is 354 g/mol. The van der Waals surface area contributed by atoms with E-state index in [9.17, 15) is 8.42 Å². The van der Waals surface area contributed by atoms with Crippen molar-refractivity contribution < 1.29 is 8.42 Å². The molecule has 1 aromatic carbocycles. The highest BCUT2D eigenvalue weighted by molar-refractivity contribution is 7.89. The first kappa shape index (κ1) is 17.6. The van der Waals surface area contributed by atoms with E-state index >= 15 is 0 Å². The van der Waals surface area contributed by atoms with Gasteiger partial charge in [-0.05, 0) is 59.4 Å². The van der Waals surface area contributed by atoms with Gasteiger partial charge in [0.1, 0.15) is 0 Å². The summed E-state index contributed by atoms with van der Waals surface area (Å²) in [7, 11) is -3.68. The summed E-state index contributed by atoms with van der Waals surface area (Å²) in [6.07, 6.45) is 10.2. The second kappa shape index (κ2) is 6.58. The minimum atomic E-state index is -3.68. The average molecular weight is 354 g/mol. The van der Waals surface area contributed by atoms with E-state index in [-0.39, 0.29) is 10.3 Å². The summed E-state index contributed by atoms with van der Waals surface area (Å²) < 4.78 is 23.0. The van der Waals surface area contributed by atoms with E-state index in [4.69, 9.17) is 5.14 Å². The number of pyridine rings is 1. The molecule has 2 N–H and O–H groups in total. The molecule has 0 aliphatic heterocycles. The Hall–Kier alpha value is -2.24. The number of sulfonamides is 1. The maximum Gasteiger partial charge on any atom is 0.238 e. The summed E-state index contributed by atoms with van der Waals surface area (Å²) >= 11 is 0. The van der Waals surface area contributed by atoms with Gasteiger partial charge in [-0.3, -0.25) is 4.98 Å². The highest BCUT2D eigenvalue weighted by Crippen LogP contribution is 2.47. The lowest BCUT2D eigenvalue weighted by atomic mass is 9.84. The maximum atomic E-state index is 11.5. The molecule has 0 saturated carbocycles. The largest absolute Gasteiger partial charge is 0.265 e. The van der Waals surface area contributed by atoms with Gasteiger partial charge in [-0.1, -0.05) is 38.1 Å². The summed E-state index contributed by atoms with van der Waals surface area (Å²) in [5.74, 6) is 0. The van der Waals surface area contributed by atoms with Crippen LogP contribution in [0.15, 0.2) is 65.8 Å². The Morgan fingerprint density at radius 1 is 0.880 bits per heavy atom. The van der Waals surface area contributed by atoms with Gasteiger partial charge >= 0.3 is 0 Å². The summed E-state index contributed by atoms with van der Waals surface area (Å²) in [6.45, 7) is 4.38. The van der Waals surface area contributed by atoms with E-state index in [1.54, 1.807) is 24.5 Å². The smallest absolute Gasteiger partial charge is 0.238 e. The van der Waals surface area contributed by atoms with Crippen molar-refractivity contribution in [2.24, 2.45) is 10.6 Å². The fourth-order valence-electron chi connectivity index (χ4n) is 3.26. The number of hydrogen-bond acceptors (Lipinski definition) is 3. The minimum absolute atomic E-state index is 0.0204. The Balaban J connectivity index is 2.10. The standard InChI is InChI=1S/C20H22N2O2S/c1-3-20(4-2)13-18(19(14-20)16-9-11-22-12-10-16)15-5-7-17(8-6-15)25(21,23)24/h5-14H,3-4H2,1-2H3,(H2,21,23,24). The zero-order valence-electron chi connectivity index (χ0n) is 14.4. The molecule has 1 heterocycles. The molecule has 0 fully saturated rings. The van der Waals surface area contributed by atoms with Crippen LogP contribution >= 0.6 is 0 Å². The molecule has 2 aromatic rings. The van der Waals surface area contributed by atoms with E-state index in [0.717, 1.165) is 35.1 Å². The molecule has 0 atom stereocenters. The first-order valence-corrected chi connectivity index (χ1v) is 9.93. The third-order valence-electron chi connectivity index (χ3n) is 4.96. The second-order valence-electron chi connectivity index (χ2n) is 6.36. The van der Waals surface area contributed by atoms with Crippen LogP contribution in [0.25, 0.3) is 11.1 Å². The summed E-state index contributed by atoms with van der Waals surface area (Å²) in [5.41, 5.74) is 4.40. The lowest BCUT2D eigenvalue weighted by molar-refractivity contribution is 0.464. The number of benzene rings is 1. The molecule has 130 valence electrons. The van der Waals surface area contributed by atoms with E-state index in [1.807, 2.05) is 24.3 Å². The van der Waals surface area contributed by atoms with Crippen LogP contribution in [0.4, 0.5) is 0 Å². The van der Waals surface area contributed by atoms with Crippen molar-refractivity contribution in [1.82, 2.24) is 4.98 Å². The maximum absolute atomic E-state index is 11.5. The molecule has 0 amide bonds. The normalized spacial score (nSPS) is 16.4.